The summed E-state index contributed by atoms with van der Waals surface area (Å²) in [6, 6.07) is 13.1. The number of anilines is 1. The zero-order valence-electron chi connectivity index (χ0n) is 22.9. The molecule has 9 nitrogen and oxygen atoms in total. The van der Waals surface area contributed by atoms with Crippen LogP contribution in [0.3, 0.4) is 0 Å². The molecule has 1 atom stereocenters. The molecule has 3 aromatic carbocycles. The van der Waals surface area contributed by atoms with E-state index in [0.717, 1.165) is 15.8 Å². The van der Waals surface area contributed by atoms with Gasteiger partial charge in [0.1, 0.15) is 11.5 Å². The van der Waals surface area contributed by atoms with E-state index in [0.29, 0.717) is 44.8 Å². The van der Waals surface area contributed by atoms with Crippen LogP contribution < -0.4 is 23.8 Å². The van der Waals surface area contributed by atoms with Gasteiger partial charge in [-0.25, -0.2) is 4.98 Å². The number of hydrogen-bond acceptors (Lipinski definition) is 9. The Hall–Kier alpha value is -4.57. The first-order chi connectivity index (χ1) is 19.2. The maximum absolute atomic E-state index is 13.7. The van der Waals surface area contributed by atoms with Crippen LogP contribution in [0.1, 0.15) is 28.3 Å². The van der Waals surface area contributed by atoms with Crippen LogP contribution in [0.25, 0.3) is 16.0 Å². The average molecular weight is 561 g/mol. The van der Waals surface area contributed by atoms with Crippen LogP contribution in [0.4, 0.5) is 5.13 Å². The van der Waals surface area contributed by atoms with Crippen LogP contribution in [-0.4, -0.2) is 50.2 Å². The van der Waals surface area contributed by atoms with Crippen molar-refractivity contribution in [3.05, 3.63) is 76.4 Å². The highest BCUT2D eigenvalue weighted by atomic mass is 32.1. The van der Waals surface area contributed by atoms with E-state index in [1.165, 1.54) is 37.6 Å². The van der Waals surface area contributed by atoms with Gasteiger partial charge in [-0.15, -0.1) is 0 Å². The molecule has 1 aliphatic rings. The number of hydrogen-bond donors (Lipinski definition) is 1. The molecule has 10 heteroatoms. The van der Waals surface area contributed by atoms with Crippen LogP contribution in [0.2, 0.25) is 0 Å². The zero-order valence-corrected chi connectivity index (χ0v) is 23.7. The number of rotatable bonds is 7. The number of benzene rings is 3. The summed E-state index contributed by atoms with van der Waals surface area (Å²) in [4.78, 5) is 33.3. The number of thiazole rings is 1. The Morgan fingerprint density at radius 2 is 1.55 bits per heavy atom. The van der Waals surface area contributed by atoms with E-state index >= 15 is 0 Å². The van der Waals surface area contributed by atoms with Crippen molar-refractivity contribution < 1.29 is 33.6 Å². The molecule has 0 radical (unpaired) electrons. The number of ketones is 1. The van der Waals surface area contributed by atoms with Gasteiger partial charge in [0, 0.05) is 5.56 Å². The summed E-state index contributed by atoms with van der Waals surface area (Å²) < 4.78 is 22.8. The van der Waals surface area contributed by atoms with E-state index in [-0.39, 0.29) is 11.3 Å². The molecule has 0 bridgehead atoms. The number of Topliss-reactive ketones (excluding diaryl/α,β-unsaturated/α-hetero) is 1. The number of carbonyl (C=O) groups excluding carboxylic acids is 2. The molecule has 0 unspecified atom stereocenters. The molecule has 5 rings (SSSR count). The second kappa shape index (κ2) is 10.5. The third kappa shape index (κ3) is 4.40. The Bertz CT molecular complexity index is 1670. The van der Waals surface area contributed by atoms with Gasteiger partial charge in [0.25, 0.3) is 5.78 Å². The van der Waals surface area contributed by atoms with Gasteiger partial charge in [0.2, 0.25) is 5.75 Å². The van der Waals surface area contributed by atoms with Gasteiger partial charge in [-0.3, -0.25) is 14.5 Å². The van der Waals surface area contributed by atoms with E-state index in [4.69, 9.17) is 18.9 Å². The van der Waals surface area contributed by atoms with E-state index in [2.05, 4.69) is 4.98 Å². The van der Waals surface area contributed by atoms with Crippen LogP contribution in [0, 0.1) is 13.8 Å². The lowest BCUT2D eigenvalue weighted by atomic mass is 9.94. The molecule has 1 aromatic heterocycles. The van der Waals surface area contributed by atoms with E-state index in [9.17, 15) is 14.7 Å². The molecule has 2 heterocycles. The van der Waals surface area contributed by atoms with Gasteiger partial charge in [-0.05, 0) is 73.0 Å². The number of carbonyl (C=O) groups is 2. The molecule has 4 aromatic rings. The fourth-order valence-corrected chi connectivity index (χ4v) is 6.00. The van der Waals surface area contributed by atoms with Crippen LogP contribution in [-0.2, 0) is 9.59 Å². The molecule has 1 aliphatic heterocycles. The summed E-state index contributed by atoms with van der Waals surface area (Å²) in [6.45, 7) is 3.80. The first-order valence-electron chi connectivity index (χ1n) is 12.4. The second-order valence-electron chi connectivity index (χ2n) is 9.28. The van der Waals surface area contributed by atoms with E-state index in [1.54, 1.807) is 37.4 Å². The van der Waals surface area contributed by atoms with Crippen molar-refractivity contribution in [2.24, 2.45) is 0 Å². The maximum Gasteiger partial charge on any atom is 0.301 e. The number of fused-ring (bicyclic) bond motifs is 1. The van der Waals surface area contributed by atoms with E-state index < -0.39 is 17.7 Å². The summed E-state index contributed by atoms with van der Waals surface area (Å²) >= 11 is 1.29. The fourth-order valence-electron chi connectivity index (χ4n) is 4.91. The molecule has 0 saturated carbocycles. The predicted molar refractivity (Wildman–Crippen MR) is 153 cm³/mol. The van der Waals surface area contributed by atoms with Crippen molar-refractivity contribution in [2.45, 2.75) is 19.9 Å². The van der Waals surface area contributed by atoms with E-state index in [1.807, 2.05) is 32.0 Å². The summed E-state index contributed by atoms with van der Waals surface area (Å²) in [5, 5.41) is 11.9. The Balaban J connectivity index is 1.78. The number of aryl methyl sites for hydroxylation is 2. The van der Waals surface area contributed by atoms with Gasteiger partial charge in [-0.1, -0.05) is 17.4 Å². The summed E-state index contributed by atoms with van der Waals surface area (Å²) in [7, 11) is 6.00. The Kier molecular flexibility index (Phi) is 7.12. The van der Waals surface area contributed by atoms with Crippen LogP contribution >= 0.6 is 11.3 Å². The van der Waals surface area contributed by atoms with Crippen LogP contribution in [0.15, 0.2) is 54.1 Å². The number of nitrogens with zero attached hydrogens (tertiary/aromatic N) is 2. The number of ether oxygens (including phenoxy) is 4. The number of aromatic nitrogens is 1. The molecular formula is C30H28N2O7S. The van der Waals surface area contributed by atoms with Crippen molar-refractivity contribution in [1.82, 2.24) is 4.98 Å². The minimum atomic E-state index is -1.03. The lowest BCUT2D eigenvalue weighted by Gasteiger charge is -2.24. The molecule has 1 N–H and O–H groups in total. The first-order valence-corrected chi connectivity index (χ1v) is 13.2. The van der Waals surface area contributed by atoms with Crippen molar-refractivity contribution >= 4 is 44.1 Å². The van der Waals surface area contributed by atoms with Gasteiger partial charge in [-0.2, -0.15) is 0 Å². The Labute approximate surface area is 235 Å². The molecule has 40 heavy (non-hydrogen) atoms. The molecular weight excluding hydrogens is 532 g/mol. The summed E-state index contributed by atoms with van der Waals surface area (Å²) in [5.41, 5.74) is 3.25. The average Bonchev–Trinajstić information content (AvgIpc) is 3.48. The third-order valence-corrected chi connectivity index (χ3v) is 7.87. The molecule has 1 amide bonds. The van der Waals surface area contributed by atoms with Gasteiger partial charge in [0.15, 0.2) is 16.6 Å². The fraction of sp³-hybridized carbons (Fsp3) is 0.233. The first kappa shape index (κ1) is 27.0. The summed E-state index contributed by atoms with van der Waals surface area (Å²) in [5.74, 6) is -0.302. The standard InChI is InChI=1S/C30H28N2O7S/c1-15-7-9-19-23(11-15)40-30(31-19)32-25(18-13-21(37-4)28(39-6)22(14-18)38-5)24(27(34)29(32)35)26(33)17-8-10-20(36-3)16(2)12-17/h7-14,25,33H,1-6H3/t25-/m1/s1. The Morgan fingerprint density at radius 1 is 0.875 bits per heavy atom. The van der Waals surface area contributed by atoms with Gasteiger partial charge < -0.3 is 24.1 Å². The minimum Gasteiger partial charge on any atom is -0.507 e. The highest BCUT2D eigenvalue weighted by molar-refractivity contribution is 7.22. The smallest absolute Gasteiger partial charge is 0.301 e. The third-order valence-electron chi connectivity index (χ3n) is 6.85. The molecule has 0 spiro atoms. The minimum absolute atomic E-state index is 0.0840. The number of methoxy groups -OCH3 is 4. The highest BCUT2D eigenvalue weighted by Crippen LogP contribution is 2.48. The number of aliphatic hydroxyl groups is 1. The van der Waals surface area contributed by atoms with Gasteiger partial charge >= 0.3 is 5.91 Å². The zero-order chi connectivity index (χ0) is 28.7. The monoisotopic (exact) mass is 560 g/mol. The lowest BCUT2D eigenvalue weighted by molar-refractivity contribution is -0.132. The topological polar surface area (TPSA) is 107 Å². The van der Waals surface area contributed by atoms with Gasteiger partial charge in [0.05, 0.1) is 50.3 Å². The summed E-state index contributed by atoms with van der Waals surface area (Å²) in [6.07, 6.45) is 0. The molecule has 0 aliphatic carbocycles. The van der Waals surface area contributed by atoms with Crippen molar-refractivity contribution in [3.63, 3.8) is 0 Å². The predicted octanol–water partition coefficient (Wildman–Crippen LogP) is 5.57. The largest absolute Gasteiger partial charge is 0.507 e. The normalized spacial score (nSPS) is 16.4. The number of aliphatic hydroxyl groups excluding tert-OH is 1. The van der Waals surface area contributed by atoms with Crippen LogP contribution in [0.5, 0.6) is 23.0 Å². The Morgan fingerprint density at radius 3 is 2.15 bits per heavy atom. The van der Waals surface area contributed by atoms with Crippen molar-refractivity contribution in [3.8, 4) is 23.0 Å². The molecule has 1 fully saturated rings. The van der Waals surface area contributed by atoms with Crippen molar-refractivity contribution in [1.29, 1.82) is 0 Å². The maximum atomic E-state index is 13.7. The molecule has 206 valence electrons. The lowest BCUT2D eigenvalue weighted by Crippen LogP contribution is -2.29. The van der Waals surface area contributed by atoms with Crippen molar-refractivity contribution in [2.75, 3.05) is 33.3 Å². The SMILES string of the molecule is COc1ccc(C(O)=C2C(=O)C(=O)N(c3nc4ccc(C)cc4s3)[C@@H]2c2cc(OC)c(OC)c(OC)c2)cc1C. The second-order valence-corrected chi connectivity index (χ2v) is 10.3. The highest BCUT2D eigenvalue weighted by Gasteiger charge is 2.48. The quantitative estimate of drug-likeness (QED) is 0.178. The number of amides is 1. The molecule has 1 saturated heterocycles.